The average Bonchev–Trinajstić information content (AvgIpc) is 3.53. The Morgan fingerprint density at radius 1 is 1.21 bits per heavy atom. The Labute approximate surface area is 284 Å². The summed E-state index contributed by atoms with van der Waals surface area (Å²) in [6.07, 6.45) is 0.941. The molecule has 0 bridgehead atoms. The van der Waals surface area contributed by atoms with Crippen molar-refractivity contribution >= 4 is 34.9 Å². The van der Waals surface area contributed by atoms with Gasteiger partial charge in [-0.1, -0.05) is 69.6 Å². The highest BCUT2D eigenvalue weighted by atomic mass is 35.5. The van der Waals surface area contributed by atoms with E-state index >= 15 is 8.78 Å². The predicted octanol–water partition coefficient (Wildman–Crippen LogP) is 6.21. The zero-order valence-electron chi connectivity index (χ0n) is 26.3. The number of nitriles is 1. The summed E-state index contributed by atoms with van der Waals surface area (Å²) >= 11 is 12.3. The van der Waals surface area contributed by atoms with E-state index in [0.29, 0.717) is 6.42 Å². The lowest BCUT2D eigenvalue weighted by atomic mass is 9.62. The van der Waals surface area contributed by atoms with E-state index < -0.39 is 59.3 Å². The van der Waals surface area contributed by atoms with Gasteiger partial charge in [0.2, 0.25) is 5.91 Å². The Hall–Kier alpha value is -3.11. The third-order valence-electron chi connectivity index (χ3n) is 8.04. The molecule has 2 aromatic carbocycles. The first kappa shape index (κ1) is 38.3. The van der Waals surface area contributed by atoms with Crippen LogP contribution in [0, 0.1) is 28.4 Å². The molecule has 13 heteroatoms. The van der Waals surface area contributed by atoms with Crippen LogP contribution in [0.4, 0.5) is 14.6 Å². The standard InChI is InChI=1S/C33H39Cl2F2N5O4.CH4/c1-31(2,3)14-25-33(17-38,22-10-9-19(34)13-24(22)36)27(21-7-6-8-23(35)28(21)37)29(39-25)30(45)40-26-11-12-42(41-26)18-32(4,5)46-16-20(44)15-43;/h6-13,20,25,27,29,39,43-44H,14-16,18H2,1-5H3,(H,40,41,45);1H4/t20-,25-,27-,29+,33-;/m0./s1. The second kappa shape index (κ2) is 15.0. The summed E-state index contributed by atoms with van der Waals surface area (Å²) in [4.78, 5) is 14.1. The molecule has 3 aromatic rings. The van der Waals surface area contributed by atoms with E-state index in [1.807, 2.05) is 20.8 Å². The number of rotatable bonds is 11. The first-order chi connectivity index (χ1) is 21.5. The monoisotopic (exact) mass is 693 g/mol. The molecule has 1 aliphatic heterocycles. The number of nitrogens with zero attached hydrogens (tertiary/aromatic N) is 3. The Morgan fingerprint density at radius 2 is 1.91 bits per heavy atom. The second-order valence-electron chi connectivity index (χ2n) is 13.5. The van der Waals surface area contributed by atoms with Crippen LogP contribution >= 0.6 is 23.2 Å². The zero-order chi connectivity index (χ0) is 34.0. The van der Waals surface area contributed by atoms with Gasteiger partial charge in [0.15, 0.2) is 5.82 Å². The van der Waals surface area contributed by atoms with Crippen LogP contribution in [-0.4, -0.2) is 62.9 Å². The number of carbonyl (C=O) groups excluding carboxylic acids is 1. The maximum Gasteiger partial charge on any atom is 0.243 e. The van der Waals surface area contributed by atoms with Crippen LogP contribution < -0.4 is 10.6 Å². The van der Waals surface area contributed by atoms with Gasteiger partial charge in [0, 0.05) is 34.8 Å². The normalized spacial score (nSPS) is 22.0. The molecule has 1 aromatic heterocycles. The van der Waals surface area contributed by atoms with Crippen molar-refractivity contribution < 1.29 is 28.5 Å². The number of hydrogen-bond acceptors (Lipinski definition) is 7. The summed E-state index contributed by atoms with van der Waals surface area (Å²) in [7, 11) is 0. The fraction of sp³-hybridized carbons (Fsp3) is 0.500. The summed E-state index contributed by atoms with van der Waals surface area (Å²) in [5.74, 6) is -3.20. The number of halogens is 4. The molecule has 0 saturated carbocycles. The third kappa shape index (κ3) is 8.49. The van der Waals surface area contributed by atoms with Crippen LogP contribution in [0.2, 0.25) is 10.0 Å². The molecular weight excluding hydrogens is 651 g/mol. The number of nitrogens with one attached hydrogen (secondary N) is 2. The van der Waals surface area contributed by atoms with Crippen molar-refractivity contribution in [2.75, 3.05) is 18.5 Å². The van der Waals surface area contributed by atoms with Crippen LogP contribution in [0.3, 0.4) is 0 Å². The van der Waals surface area contributed by atoms with Crippen molar-refractivity contribution in [1.29, 1.82) is 5.26 Å². The van der Waals surface area contributed by atoms with E-state index in [-0.39, 0.29) is 53.0 Å². The Kier molecular flexibility index (Phi) is 12.2. The van der Waals surface area contributed by atoms with Crippen molar-refractivity contribution in [3.8, 4) is 6.07 Å². The number of ether oxygens (including phenoxy) is 1. The Morgan fingerprint density at radius 3 is 2.53 bits per heavy atom. The minimum absolute atomic E-state index is 0. The number of hydrogen-bond donors (Lipinski definition) is 4. The lowest BCUT2D eigenvalue weighted by Crippen LogP contribution is -2.45. The van der Waals surface area contributed by atoms with Gasteiger partial charge in [-0.3, -0.25) is 9.48 Å². The molecule has 256 valence electrons. The first-order valence-corrected chi connectivity index (χ1v) is 15.6. The van der Waals surface area contributed by atoms with Crippen molar-refractivity contribution in [2.24, 2.45) is 5.41 Å². The molecule has 1 amide bonds. The molecule has 0 spiro atoms. The van der Waals surface area contributed by atoms with Gasteiger partial charge in [-0.15, -0.1) is 0 Å². The molecular formula is C34H43Cl2F2N5O4. The summed E-state index contributed by atoms with van der Waals surface area (Å²) in [5, 5.41) is 40.1. The fourth-order valence-electron chi connectivity index (χ4n) is 6.09. The number of aliphatic hydroxyl groups excluding tert-OH is 2. The van der Waals surface area contributed by atoms with Crippen molar-refractivity contribution in [1.82, 2.24) is 15.1 Å². The van der Waals surface area contributed by atoms with Crippen LogP contribution in [-0.2, 0) is 21.5 Å². The largest absolute Gasteiger partial charge is 0.394 e. The molecule has 47 heavy (non-hydrogen) atoms. The van der Waals surface area contributed by atoms with Crippen LogP contribution in [0.1, 0.15) is 65.5 Å². The number of benzene rings is 2. The molecule has 1 aliphatic rings. The lowest BCUT2D eigenvalue weighted by Gasteiger charge is -2.37. The number of anilines is 1. The molecule has 0 aliphatic carbocycles. The number of aromatic nitrogens is 2. The maximum absolute atomic E-state index is 15.9. The molecule has 5 atom stereocenters. The van der Waals surface area contributed by atoms with Gasteiger partial charge in [0.25, 0.3) is 0 Å². The van der Waals surface area contributed by atoms with Gasteiger partial charge in [0.05, 0.1) is 42.5 Å². The average molecular weight is 695 g/mol. The van der Waals surface area contributed by atoms with E-state index in [2.05, 4.69) is 21.8 Å². The molecule has 1 fully saturated rings. The second-order valence-corrected chi connectivity index (χ2v) is 14.3. The first-order valence-electron chi connectivity index (χ1n) is 14.9. The summed E-state index contributed by atoms with van der Waals surface area (Å²) in [6, 6.07) is 10.2. The topological polar surface area (TPSA) is 132 Å². The van der Waals surface area contributed by atoms with E-state index in [4.69, 9.17) is 33.0 Å². The summed E-state index contributed by atoms with van der Waals surface area (Å²) in [6.45, 7) is 9.19. The maximum atomic E-state index is 15.9. The van der Waals surface area contributed by atoms with E-state index in [1.165, 1.54) is 30.3 Å². The van der Waals surface area contributed by atoms with Crippen molar-refractivity contribution in [2.45, 2.75) is 90.1 Å². The molecule has 0 unspecified atom stereocenters. The molecule has 2 heterocycles. The van der Waals surface area contributed by atoms with Gasteiger partial charge in [-0.05, 0) is 49.4 Å². The van der Waals surface area contributed by atoms with Gasteiger partial charge in [-0.25, -0.2) is 8.78 Å². The number of carbonyl (C=O) groups is 1. The molecule has 0 radical (unpaired) electrons. The third-order valence-corrected chi connectivity index (χ3v) is 8.57. The number of amides is 1. The minimum atomic E-state index is -1.75. The number of aliphatic hydroxyl groups is 2. The molecule has 1 saturated heterocycles. The van der Waals surface area contributed by atoms with Crippen molar-refractivity contribution in [3.63, 3.8) is 0 Å². The highest BCUT2D eigenvalue weighted by Gasteiger charge is 2.61. The smallest absolute Gasteiger partial charge is 0.243 e. The van der Waals surface area contributed by atoms with Gasteiger partial charge in [0.1, 0.15) is 23.2 Å². The predicted molar refractivity (Wildman–Crippen MR) is 178 cm³/mol. The van der Waals surface area contributed by atoms with Crippen molar-refractivity contribution in [3.05, 3.63) is 81.5 Å². The lowest BCUT2D eigenvalue weighted by molar-refractivity contribution is -0.118. The summed E-state index contributed by atoms with van der Waals surface area (Å²) < 4.78 is 38.9. The fourth-order valence-corrected chi connectivity index (χ4v) is 6.43. The quantitative estimate of drug-likeness (QED) is 0.188. The Bertz CT molecular complexity index is 1610. The Balaban J connectivity index is 0.00000600. The molecule has 4 N–H and O–H groups in total. The summed E-state index contributed by atoms with van der Waals surface area (Å²) in [5.41, 5.74) is -2.94. The van der Waals surface area contributed by atoms with Crippen LogP contribution in [0.5, 0.6) is 0 Å². The zero-order valence-corrected chi connectivity index (χ0v) is 27.8. The van der Waals surface area contributed by atoms with Gasteiger partial charge >= 0.3 is 0 Å². The SMILES string of the molecule is C.CC(C)(C)C[C@@H]1N[C@@H](C(=O)Nc2ccn(CC(C)(C)OC[C@@H](O)CO)n2)[C@H](c2cccc(Cl)c2F)[C@@]1(C#N)c1ccc(Cl)cc1F. The van der Waals surface area contributed by atoms with Gasteiger partial charge in [-0.2, -0.15) is 10.4 Å². The van der Waals surface area contributed by atoms with E-state index in [9.17, 15) is 15.2 Å². The molecule has 9 nitrogen and oxygen atoms in total. The van der Waals surface area contributed by atoms with Gasteiger partial charge < -0.3 is 25.6 Å². The van der Waals surface area contributed by atoms with Crippen LogP contribution in [0.15, 0.2) is 48.7 Å². The highest BCUT2D eigenvalue weighted by Crippen LogP contribution is 2.52. The van der Waals surface area contributed by atoms with Crippen LogP contribution in [0.25, 0.3) is 0 Å². The van der Waals surface area contributed by atoms with E-state index in [0.717, 1.165) is 6.07 Å². The molecule has 4 rings (SSSR count). The van der Waals surface area contributed by atoms with E-state index in [1.54, 1.807) is 30.8 Å². The highest BCUT2D eigenvalue weighted by molar-refractivity contribution is 6.31. The minimum Gasteiger partial charge on any atom is -0.394 e.